The lowest BCUT2D eigenvalue weighted by Crippen LogP contribution is -2.39. The molecule has 0 saturated heterocycles. The number of halogens is 1. The number of benzene rings is 1. The highest BCUT2D eigenvalue weighted by Crippen LogP contribution is 2.48. The Labute approximate surface area is 94.8 Å². The molecule has 0 aliphatic heterocycles. The van der Waals surface area contributed by atoms with Crippen LogP contribution in [-0.4, -0.2) is 5.33 Å². The van der Waals surface area contributed by atoms with Crippen molar-refractivity contribution in [2.45, 2.75) is 26.2 Å². The average molecular weight is 253 g/mol. The van der Waals surface area contributed by atoms with Crippen LogP contribution in [0.5, 0.6) is 0 Å². The van der Waals surface area contributed by atoms with Crippen LogP contribution in [0.3, 0.4) is 0 Å². The van der Waals surface area contributed by atoms with Gasteiger partial charge in [-0.3, -0.25) is 0 Å². The summed E-state index contributed by atoms with van der Waals surface area (Å²) in [6.07, 6.45) is 4.00. The van der Waals surface area contributed by atoms with Gasteiger partial charge in [-0.2, -0.15) is 0 Å². The maximum absolute atomic E-state index is 3.67. The summed E-state index contributed by atoms with van der Waals surface area (Å²) in [4.78, 5) is 0. The first-order chi connectivity index (χ1) is 6.74. The van der Waals surface area contributed by atoms with Crippen molar-refractivity contribution in [2.24, 2.45) is 11.3 Å². The molecule has 0 heterocycles. The molecule has 1 aromatic carbocycles. The van der Waals surface area contributed by atoms with Crippen LogP contribution >= 0.6 is 15.9 Å². The lowest BCUT2D eigenvalue weighted by atomic mass is 9.61. The van der Waals surface area contributed by atoms with Crippen molar-refractivity contribution in [3.8, 4) is 0 Å². The second-order valence-corrected chi connectivity index (χ2v) is 5.37. The molecule has 1 aliphatic carbocycles. The van der Waals surface area contributed by atoms with E-state index in [1.54, 1.807) is 0 Å². The van der Waals surface area contributed by atoms with Crippen LogP contribution in [0.2, 0.25) is 0 Å². The van der Waals surface area contributed by atoms with Crippen molar-refractivity contribution in [3.63, 3.8) is 0 Å². The van der Waals surface area contributed by atoms with Crippen LogP contribution in [-0.2, 0) is 6.42 Å². The summed E-state index contributed by atoms with van der Waals surface area (Å²) >= 11 is 3.67. The zero-order valence-corrected chi connectivity index (χ0v) is 10.3. The van der Waals surface area contributed by atoms with E-state index < -0.39 is 0 Å². The molecule has 0 radical (unpaired) electrons. The van der Waals surface area contributed by atoms with Gasteiger partial charge in [-0.25, -0.2) is 0 Å². The molecule has 2 rings (SSSR count). The predicted molar refractivity (Wildman–Crippen MR) is 64.8 cm³/mol. The van der Waals surface area contributed by atoms with Gasteiger partial charge in [-0.05, 0) is 36.2 Å². The van der Waals surface area contributed by atoms with Crippen LogP contribution in [0.1, 0.15) is 25.3 Å². The Morgan fingerprint density at radius 1 is 1.29 bits per heavy atom. The normalized spacial score (nSPS) is 31.1. The summed E-state index contributed by atoms with van der Waals surface area (Å²) in [6.45, 7) is 2.35. The van der Waals surface area contributed by atoms with Crippen LogP contribution in [0, 0.1) is 11.3 Å². The minimum Gasteiger partial charge on any atom is -0.0922 e. The Hall–Kier alpha value is -0.300. The summed E-state index contributed by atoms with van der Waals surface area (Å²) in [7, 11) is 0. The van der Waals surface area contributed by atoms with E-state index in [1.165, 1.54) is 24.8 Å². The van der Waals surface area contributed by atoms with Gasteiger partial charge in [0.25, 0.3) is 0 Å². The molecule has 0 nitrogen and oxygen atoms in total. The zero-order valence-electron chi connectivity index (χ0n) is 8.67. The molecule has 0 N–H and O–H groups in total. The molecule has 0 amide bonds. The van der Waals surface area contributed by atoms with Gasteiger partial charge in [-0.15, -0.1) is 0 Å². The molecule has 0 spiro atoms. The van der Waals surface area contributed by atoms with Gasteiger partial charge < -0.3 is 0 Å². The molecule has 76 valence electrons. The van der Waals surface area contributed by atoms with Crippen molar-refractivity contribution in [1.29, 1.82) is 0 Å². The van der Waals surface area contributed by atoms with Crippen molar-refractivity contribution < 1.29 is 0 Å². The van der Waals surface area contributed by atoms with Gasteiger partial charge in [0.05, 0.1) is 0 Å². The Morgan fingerprint density at radius 3 is 2.43 bits per heavy atom. The van der Waals surface area contributed by atoms with Crippen molar-refractivity contribution >= 4 is 15.9 Å². The first-order valence-corrected chi connectivity index (χ1v) is 6.46. The second kappa shape index (κ2) is 4.06. The fraction of sp³-hybridized carbons (Fsp3) is 0.538. The molecule has 1 aromatic rings. The van der Waals surface area contributed by atoms with Gasteiger partial charge in [0.2, 0.25) is 0 Å². The maximum atomic E-state index is 3.67. The van der Waals surface area contributed by atoms with E-state index in [-0.39, 0.29) is 0 Å². The molecule has 0 unspecified atom stereocenters. The number of hydrogen-bond donors (Lipinski definition) is 0. The summed E-state index contributed by atoms with van der Waals surface area (Å²) in [5, 5.41) is 1.15. The third-order valence-electron chi connectivity index (χ3n) is 3.27. The first-order valence-electron chi connectivity index (χ1n) is 5.34. The molecular weight excluding hydrogens is 236 g/mol. The maximum Gasteiger partial charge on any atom is 0.00913 e. The van der Waals surface area contributed by atoms with E-state index >= 15 is 0 Å². The lowest BCUT2D eigenvalue weighted by molar-refractivity contribution is 0.0955. The number of rotatable bonds is 3. The monoisotopic (exact) mass is 252 g/mol. The molecule has 1 heteroatoms. The summed E-state index contributed by atoms with van der Waals surface area (Å²) in [6, 6.07) is 10.9. The predicted octanol–water partition coefficient (Wildman–Crippen LogP) is 4.04. The minimum absolute atomic E-state index is 0.556. The van der Waals surface area contributed by atoms with E-state index in [1.807, 2.05) is 0 Å². The minimum atomic E-state index is 0.556. The molecule has 14 heavy (non-hydrogen) atoms. The fourth-order valence-corrected chi connectivity index (χ4v) is 3.40. The Kier molecular flexibility index (Phi) is 2.96. The van der Waals surface area contributed by atoms with E-state index in [2.05, 4.69) is 53.2 Å². The molecule has 1 fully saturated rings. The van der Waals surface area contributed by atoms with Gasteiger partial charge in [0.15, 0.2) is 0 Å². The Bertz CT molecular complexity index is 285. The van der Waals surface area contributed by atoms with Crippen molar-refractivity contribution in [1.82, 2.24) is 0 Å². The standard InChI is InChI=1S/C13H17Br/c1-11-7-13(8-11,10-14)9-12-5-3-2-4-6-12/h2-6,11H,7-10H2,1H3. The largest absolute Gasteiger partial charge is 0.0922 e. The highest BCUT2D eigenvalue weighted by atomic mass is 79.9. The fourth-order valence-electron chi connectivity index (χ4n) is 2.75. The van der Waals surface area contributed by atoms with E-state index in [0.29, 0.717) is 5.41 Å². The van der Waals surface area contributed by atoms with Gasteiger partial charge in [0, 0.05) is 5.33 Å². The van der Waals surface area contributed by atoms with Crippen molar-refractivity contribution in [2.75, 3.05) is 5.33 Å². The van der Waals surface area contributed by atoms with Crippen LogP contribution in [0.25, 0.3) is 0 Å². The van der Waals surface area contributed by atoms with E-state index in [4.69, 9.17) is 0 Å². The third-order valence-corrected chi connectivity index (χ3v) is 4.46. The van der Waals surface area contributed by atoms with Gasteiger partial charge in [0.1, 0.15) is 0 Å². The Balaban J connectivity index is 2.03. The van der Waals surface area contributed by atoms with Crippen LogP contribution in [0.4, 0.5) is 0 Å². The van der Waals surface area contributed by atoms with E-state index in [9.17, 15) is 0 Å². The first kappa shape index (κ1) is 10.2. The summed E-state index contributed by atoms with van der Waals surface area (Å²) < 4.78 is 0. The summed E-state index contributed by atoms with van der Waals surface area (Å²) in [5.74, 6) is 0.927. The number of alkyl halides is 1. The SMILES string of the molecule is CC1CC(CBr)(Cc2ccccc2)C1. The quantitative estimate of drug-likeness (QED) is 0.713. The van der Waals surface area contributed by atoms with Gasteiger partial charge >= 0.3 is 0 Å². The summed E-state index contributed by atoms with van der Waals surface area (Å²) in [5.41, 5.74) is 2.04. The smallest absolute Gasteiger partial charge is 0.00913 e. The molecule has 0 bridgehead atoms. The molecule has 1 aliphatic rings. The lowest BCUT2D eigenvalue weighted by Gasteiger charge is -2.46. The molecular formula is C13H17Br. The second-order valence-electron chi connectivity index (χ2n) is 4.81. The van der Waals surface area contributed by atoms with E-state index in [0.717, 1.165) is 11.2 Å². The molecule has 0 atom stereocenters. The van der Waals surface area contributed by atoms with Crippen LogP contribution < -0.4 is 0 Å². The van der Waals surface area contributed by atoms with Crippen molar-refractivity contribution in [3.05, 3.63) is 35.9 Å². The molecule has 0 aromatic heterocycles. The average Bonchev–Trinajstić information content (AvgIpc) is 2.16. The zero-order chi connectivity index (χ0) is 10.0. The third kappa shape index (κ3) is 2.03. The highest BCUT2D eigenvalue weighted by molar-refractivity contribution is 9.09. The Morgan fingerprint density at radius 2 is 1.93 bits per heavy atom. The number of hydrogen-bond acceptors (Lipinski definition) is 0. The topological polar surface area (TPSA) is 0 Å². The van der Waals surface area contributed by atoms with Crippen LogP contribution in [0.15, 0.2) is 30.3 Å². The molecule has 1 saturated carbocycles. The van der Waals surface area contributed by atoms with Gasteiger partial charge in [-0.1, -0.05) is 53.2 Å². The highest BCUT2D eigenvalue weighted by Gasteiger charge is 2.40.